The van der Waals surface area contributed by atoms with Gasteiger partial charge in [-0.25, -0.2) is 0 Å². The van der Waals surface area contributed by atoms with E-state index in [1.807, 2.05) is 53.4 Å². The van der Waals surface area contributed by atoms with Crippen LogP contribution in [0.2, 0.25) is 0 Å². The second kappa shape index (κ2) is 7.50. The summed E-state index contributed by atoms with van der Waals surface area (Å²) in [4.78, 5) is 16.6. The first-order valence-electron chi connectivity index (χ1n) is 7.93. The SMILES string of the molecule is N#Cc1cccc(N2CCN(C(=O)Cc3ccc(Br)cc3)CC2)c1. The maximum atomic E-state index is 12.4. The lowest BCUT2D eigenvalue weighted by molar-refractivity contribution is -0.130. The summed E-state index contributed by atoms with van der Waals surface area (Å²) in [7, 11) is 0. The number of halogens is 1. The van der Waals surface area contributed by atoms with Crippen molar-refractivity contribution in [2.45, 2.75) is 6.42 Å². The molecule has 0 bridgehead atoms. The summed E-state index contributed by atoms with van der Waals surface area (Å²) in [6.07, 6.45) is 0.442. The highest BCUT2D eigenvalue weighted by atomic mass is 79.9. The number of benzene rings is 2. The predicted molar refractivity (Wildman–Crippen MR) is 97.8 cm³/mol. The van der Waals surface area contributed by atoms with E-state index in [1.54, 1.807) is 0 Å². The minimum absolute atomic E-state index is 0.169. The molecule has 1 saturated heterocycles. The average molecular weight is 384 g/mol. The summed E-state index contributed by atoms with van der Waals surface area (Å²) in [6, 6.07) is 17.7. The average Bonchev–Trinajstić information content (AvgIpc) is 2.64. The molecule has 24 heavy (non-hydrogen) atoms. The molecule has 1 amide bonds. The third-order valence-electron chi connectivity index (χ3n) is 4.24. The number of amides is 1. The molecular weight excluding hydrogens is 366 g/mol. The Balaban J connectivity index is 1.57. The van der Waals surface area contributed by atoms with Gasteiger partial charge < -0.3 is 9.80 Å². The Bertz CT molecular complexity index is 759. The topological polar surface area (TPSA) is 47.3 Å². The van der Waals surface area contributed by atoms with Crippen LogP contribution in [-0.4, -0.2) is 37.0 Å². The van der Waals surface area contributed by atoms with Gasteiger partial charge in [-0.15, -0.1) is 0 Å². The summed E-state index contributed by atoms with van der Waals surface area (Å²) < 4.78 is 1.02. The van der Waals surface area contributed by atoms with Crippen molar-refractivity contribution < 1.29 is 4.79 Å². The van der Waals surface area contributed by atoms with E-state index in [1.165, 1.54) is 0 Å². The molecule has 1 aliphatic rings. The Morgan fingerprint density at radius 1 is 1.08 bits per heavy atom. The van der Waals surface area contributed by atoms with Crippen molar-refractivity contribution in [2.75, 3.05) is 31.1 Å². The van der Waals surface area contributed by atoms with Crippen molar-refractivity contribution in [3.63, 3.8) is 0 Å². The van der Waals surface area contributed by atoms with Crippen LogP contribution in [0.3, 0.4) is 0 Å². The van der Waals surface area contributed by atoms with Crippen molar-refractivity contribution in [1.29, 1.82) is 5.26 Å². The summed E-state index contributed by atoms with van der Waals surface area (Å²) >= 11 is 3.41. The van der Waals surface area contributed by atoms with Gasteiger partial charge in [0, 0.05) is 36.3 Å². The number of piperazine rings is 1. The minimum Gasteiger partial charge on any atom is -0.368 e. The molecule has 0 saturated carbocycles. The van der Waals surface area contributed by atoms with Crippen molar-refractivity contribution in [2.24, 2.45) is 0 Å². The van der Waals surface area contributed by atoms with Gasteiger partial charge in [0.15, 0.2) is 0 Å². The van der Waals surface area contributed by atoms with Crippen LogP contribution in [0.4, 0.5) is 5.69 Å². The Labute approximate surface area is 150 Å². The lowest BCUT2D eigenvalue weighted by atomic mass is 10.1. The lowest BCUT2D eigenvalue weighted by Gasteiger charge is -2.36. The molecule has 5 heteroatoms. The van der Waals surface area contributed by atoms with Gasteiger partial charge in [0.2, 0.25) is 5.91 Å². The minimum atomic E-state index is 0.169. The van der Waals surface area contributed by atoms with Gasteiger partial charge >= 0.3 is 0 Å². The van der Waals surface area contributed by atoms with Gasteiger partial charge in [-0.05, 0) is 35.9 Å². The molecule has 4 nitrogen and oxygen atoms in total. The smallest absolute Gasteiger partial charge is 0.227 e. The molecule has 2 aromatic carbocycles. The highest BCUT2D eigenvalue weighted by molar-refractivity contribution is 9.10. The summed E-state index contributed by atoms with van der Waals surface area (Å²) in [5.41, 5.74) is 2.75. The van der Waals surface area contributed by atoms with E-state index in [2.05, 4.69) is 26.9 Å². The van der Waals surface area contributed by atoms with Gasteiger partial charge in [0.05, 0.1) is 18.1 Å². The summed E-state index contributed by atoms with van der Waals surface area (Å²) in [5, 5.41) is 9.01. The molecular formula is C19H18BrN3O. The van der Waals surface area contributed by atoms with E-state index in [0.29, 0.717) is 25.1 Å². The third kappa shape index (κ3) is 3.95. The first-order chi connectivity index (χ1) is 11.7. The zero-order chi connectivity index (χ0) is 16.9. The van der Waals surface area contributed by atoms with Gasteiger partial charge in [0.25, 0.3) is 0 Å². The molecule has 122 valence electrons. The van der Waals surface area contributed by atoms with Gasteiger partial charge in [-0.2, -0.15) is 5.26 Å². The van der Waals surface area contributed by atoms with E-state index in [4.69, 9.17) is 5.26 Å². The Morgan fingerprint density at radius 2 is 1.79 bits per heavy atom. The maximum Gasteiger partial charge on any atom is 0.227 e. The number of hydrogen-bond acceptors (Lipinski definition) is 3. The fourth-order valence-electron chi connectivity index (χ4n) is 2.87. The Kier molecular flexibility index (Phi) is 5.17. The molecule has 1 aliphatic heterocycles. The van der Waals surface area contributed by atoms with Crippen molar-refractivity contribution in [1.82, 2.24) is 4.90 Å². The molecule has 0 radical (unpaired) electrons. The van der Waals surface area contributed by atoms with E-state index in [-0.39, 0.29) is 5.91 Å². The number of nitrogens with zero attached hydrogens (tertiary/aromatic N) is 3. The van der Waals surface area contributed by atoms with Gasteiger partial charge in [-0.1, -0.05) is 34.1 Å². The van der Waals surface area contributed by atoms with Crippen molar-refractivity contribution >= 4 is 27.5 Å². The maximum absolute atomic E-state index is 12.4. The summed E-state index contributed by atoms with van der Waals surface area (Å²) in [6.45, 7) is 3.01. The van der Waals surface area contributed by atoms with Crippen LogP contribution in [0.1, 0.15) is 11.1 Å². The Morgan fingerprint density at radius 3 is 2.46 bits per heavy atom. The molecule has 0 N–H and O–H groups in total. The van der Waals surface area contributed by atoms with Crippen molar-refractivity contribution in [3.8, 4) is 6.07 Å². The number of anilines is 1. The van der Waals surface area contributed by atoms with Crippen LogP contribution in [0.25, 0.3) is 0 Å². The molecule has 0 unspecified atom stereocenters. The number of hydrogen-bond donors (Lipinski definition) is 0. The lowest BCUT2D eigenvalue weighted by Crippen LogP contribution is -2.49. The molecule has 2 aromatic rings. The van der Waals surface area contributed by atoms with Crippen molar-refractivity contribution in [3.05, 3.63) is 64.1 Å². The van der Waals surface area contributed by atoms with Crippen LogP contribution in [0, 0.1) is 11.3 Å². The molecule has 0 aliphatic carbocycles. The van der Waals surface area contributed by atoms with Crippen LogP contribution in [-0.2, 0) is 11.2 Å². The second-order valence-corrected chi connectivity index (χ2v) is 6.75. The van der Waals surface area contributed by atoms with Gasteiger partial charge in [-0.3, -0.25) is 4.79 Å². The quantitative estimate of drug-likeness (QED) is 0.817. The van der Waals surface area contributed by atoms with Crippen LogP contribution < -0.4 is 4.90 Å². The highest BCUT2D eigenvalue weighted by Gasteiger charge is 2.21. The number of carbonyl (C=O) groups excluding carboxylic acids is 1. The Hall–Kier alpha value is -2.32. The monoisotopic (exact) mass is 383 g/mol. The largest absolute Gasteiger partial charge is 0.368 e. The zero-order valence-electron chi connectivity index (χ0n) is 13.3. The molecule has 0 atom stereocenters. The molecule has 1 fully saturated rings. The molecule has 0 aromatic heterocycles. The first kappa shape index (κ1) is 16.5. The highest BCUT2D eigenvalue weighted by Crippen LogP contribution is 2.18. The van der Waals surface area contributed by atoms with Crippen LogP contribution in [0.15, 0.2) is 53.0 Å². The molecule has 0 spiro atoms. The van der Waals surface area contributed by atoms with Crippen LogP contribution in [0.5, 0.6) is 0 Å². The number of carbonyl (C=O) groups is 1. The first-order valence-corrected chi connectivity index (χ1v) is 8.72. The second-order valence-electron chi connectivity index (χ2n) is 5.83. The van der Waals surface area contributed by atoms with E-state index >= 15 is 0 Å². The number of rotatable bonds is 3. The molecule has 1 heterocycles. The van der Waals surface area contributed by atoms with Crippen LogP contribution >= 0.6 is 15.9 Å². The van der Waals surface area contributed by atoms with E-state index in [0.717, 1.165) is 28.8 Å². The summed E-state index contributed by atoms with van der Waals surface area (Å²) in [5.74, 6) is 0.169. The number of nitriles is 1. The third-order valence-corrected chi connectivity index (χ3v) is 4.77. The fourth-order valence-corrected chi connectivity index (χ4v) is 3.14. The predicted octanol–water partition coefficient (Wildman–Crippen LogP) is 3.21. The normalized spacial score (nSPS) is 14.3. The standard InChI is InChI=1S/C19H18BrN3O/c20-17-6-4-15(5-7-17)13-19(24)23-10-8-22(9-11-23)18-3-1-2-16(12-18)14-21/h1-7,12H,8-11,13H2. The molecule has 3 rings (SSSR count). The zero-order valence-corrected chi connectivity index (χ0v) is 14.9. The van der Waals surface area contributed by atoms with Gasteiger partial charge in [0.1, 0.15) is 0 Å². The van der Waals surface area contributed by atoms with E-state index in [9.17, 15) is 4.79 Å². The fraction of sp³-hybridized carbons (Fsp3) is 0.263. The van der Waals surface area contributed by atoms with E-state index < -0.39 is 0 Å².